The van der Waals surface area contributed by atoms with Gasteiger partial charge in [0.1, 0.15) is 5.82 Å². The minimum absolute atomic E-state index is 0.0741. The van der Waals surface area contributed by atoms with Crippen molar-refractivity contribution in [2.45, 2.75) is 33.5 Å². The number of fused-ring (bicyclic) bond motifs is 1. The molecule has 2 N–H and O–H groups in total. The topological polar surface area (TPSA) is 73.9 Å². The maximum absolute atomic E-state index is 12.1. The third kappa shape index (κ3) is 3.06. The molecule has 0 bridgehead atoms. The number of nitrogens with zero attached hydrogens (tertiary/aromatic N) is 3. The van der Waals surface area contributed by atoms with Crippen LogP contribution in [0.1, 0.15) is 27.9 Å². The molecule has 2 aromatic heterocycles. The van der Waals surface area contributed by atoms with Gasteiger partial charge in [-0.1, -0.05) is 24.3 Å². The van der Waals surface area contributed by atoms with Crippen LogP contribution in [0.4, 0.5) is 11.8 Å². The fraction of sp³-hybridized carbons (Fsp3) is 0.250. The van der Waals surface area contributed by atoms with Gasteiger partial charge in [-0.2, -0.15) is 4.98 Å². The summed E-state index contributed by atoms with van der Waals surface area (Å²) in [4.78, 5) is 26.4. The molecule has 0 radical (unpaired) electrons. The summed E-state index contributed by atoms with van der Waals surface area (Å²) in [6.07, 6.45) is 3.50. The van der Waals surface area contributed by atoms with E-state index >= 15 is 0 Å². The van der Waals surface area contributed by atoms with Crippen LogP contribution in [-0.2, 0) is 19.6 Å². The monoisotopic (exact) mass is 347 g/mol. The number of nitrogens with one attached hydrogen (secondary N) is 2. The van der Waals surface area contributed by atoms with Crippen LogP contribution >= 0.6 is 0 Å². The Labute approximate surface area is 151 Å². The van der Waals surface area contributed by atoms with Gasteiger partial charge in [0.2, 0.25) is 5.95 Å². The minimum atomic E-state index is 0.0741. The Morgan fingerprint density at radius 3 is 2.62 bits per heavy atom. The molecule has 3 aromatic rings. The lowest BCUT2D eigenvalue weighted by Crippen LogP contribution is -2.18. The lowest BCUT2D eigenvalue weighted by Gasteiger charge is -2.17. The van der Waals surface area contributed by atoms with Crippen molar-refractivity contribution in [2.24, 2.45) is 0 Å². The van der Waals surface area contributed by atoms with E-state index < -0.39 is 0 Å². The molecule has 26 heavy (non-hydrogen) atoms. The number of pyridine rings is 1. The molecule has 1 aliphatic rings. The summed E-state index contributed by atoms with van der Waals surface area (Å²) in [5.74, 6) is 1.45. The Kier molecular flexibility index (Phi) is 4.16. The zero-order valence-corrected chi connectivity index (χ0v) is 14.9. The Hall–Kier alpha value is -3.15. The number of aromatic amines is 1. The first kappa shape index (κ1) is 16.3. The second kappa shape index (κ2) is 6.63. The zero-order valence-electron chi connectivity index (χ0n) is 14.9. The fourth-order valence-electron chi connectivity index (χ4n) is 3.26. The number of hydrogen-bond acceptors (Lipinski definition) is 5. The van der Waals surface area contributed by atoms with Gasteiger partial charge in [0.15, 0.2) is 5.43 Å². The zero-order chi connectivity index (χ0) is 18.1. The summed E-state index contributed by atoms with van der Waals surface area (Å²) in [7, 11) is 0. The van der Waals surface area contributed by atoms with E-state index in [2.05, 4.69) is 49.4 Å². The van der Waals surface area contributed by atoms with Crippen LogP contribution in [0.3, 0.4) is 0 Å². The van der Waals surface area contributed by atoms with E-state index in [0.717, 1.165) is 35.7 Å². The lowest BCUT2D eigenvalue weighted by atomic mass is 10.1. The van der Waals surface area contributed by atoms with Crippen molar-refractivity contribution in [3.05, 3.63) is 80.9 Å². The first-order valence-electron chi connectivity index (χ1n) is 8.68. The van der Waals surface area contributed by atoms with Crippen LogP contribution in [0.25, 0.3) is 0 Å². The first-order valence-corrected chi connectivity index (χ1v) is 8.68. The van der Waals surface area contributed by atoms with E-state index in [4.69, 9.17) is 0 Å². The summed E-state index contributed by atoms with van der Waals surface area (Å²) in [6, 6.07) is 10.4. The van der Waals surface area contributed by atoms with E-state index in [1.54, 1.807) is 12.4 Å². The first-order chi connectivity index (χ1) is 12.6. The van der Waals surface area contributed by atoms with Gasteiger partial charge in [-0.3, -0.25) is 4.79 Å². The molecule has 0 saturated heterocycles. The Morgan fingerprint density at radius 1 is 1.15 bits per heavy atom. The smallest absolute Gasteiger partial charge is 0.224 e. The van der Waals surface area contributed by atoms with Gasteiger partial charge in [-0.15, -0.1) is 0 Å². The summed E-state index contributed by atoms with van der Waals surface area (Å²) in [5.41, 5.74) is 5.05. The molecule has 6 heteroatoms. The minimum Gasteiger partial charge on any atom is -0.363 e. The summed E-state index contributed by atoms with van der Waals surface area (Å²) >= 11 is 0. The molecular formula is C20H21N5O. The van der Waals surface area contributed by atoms with Crippen LogP contribution in [0, 0.1) is 13.8 Å². The molecule has 0 amide bonds. The number of H-pyrrole nitrogens is 1. The number of aromatic nitrogens is 3. The maximum Gasteiger partial charge on any atom is 0.224 e. The molecule has 1 aromatic carbocycles. The number of hydrogen-bond donors (Lipinski definition) is 2. The molecule has 3 heterocycles. The third-order valence-corrected chi connectivity index (χ3v) is 4.84. The second-order valence-corrected chi connectivity index (χ2v) is 6.62. The fourth-order valence-corrected chi connectivity index (χ4v) is 3.26. The van der Waals surface area contributed by atoms with E-state index in [9.17, 15) is 4.79 Å². The van der Waals surface area contributed by atoms with Crippen LogP contribution in [-0.4, -0.2) is 15.0 Å². The summed E-state index contributed by atoms with van der Waals surface area (Å²) < 4.78 is 0. The Bertz CT molecular complexity index is 986. The third-order valence-electron chi connectivity index (χ3n) is 4.84. The SMILES string of the molecule is Cc1c[nH]c(CNc2nccc(N3Cc4ccccc4C3)n2)c(C)c1=O. The standard InChI is InChI=1S/C20H21N5O/c1-13-9-22-17(14(2)19(13)26)10-23-20-21-8-7-18(24-20)25-11-15-5-3-4-6-16(15)12-25/h3-9H,10-12H2,1-2H3,(H,22,26)(H,21,23,24). The highest BCUT2D eigenvalue weighted by Gasteiger charge is 2.19. The lowest BCUT2D eigenvalue weighted by molar-refractivity contribution is 0.849. The normalized spacial score (nSPS) is 12.9. The number of aryl methyl sites for hydroxylation is 1. The predicted octanol–water partition coefficient (Wildman–Crippen LogP) is 2.91. The van der Waals surface area contributed by atoms with Gasteiger partial charge < -0.3 is 15.2 Å². The molecule has 6 nitrogen and oxygen atoms in total. The van der Waals surface area contributed by atoms with Crippen LogP contribution in [0.15, 0.2) is 47.5 Å². The average Bonchev–Trinajstić information content (AvgIpc) is 3.10. The molecule has 0 aliphatic carbocycles. The summed E-state index contributed by atoms with van der Waals surface area (Å²) in [5, 5.41) is 3.21. The molecule has 1 aliphatic heterocycles. The largest absolute Gasteiger partial charge is 0.363 e. The van der Waals surface area contributed by atoms with Crippen molar-refractivity contribution in [3.63, 3.8) is 0 Å². The molecule has 0 fully saturated rings. The van der Waals surface area contributed by atoms with Crippen molar-refractivity contribution in [3.8, 4) is 0 Å². The van der Waals surface area contributed by atoms with Gasteiger partial charge in [-0.05, 0) is 31.0 Å². The van der Waals surface area contributed by atoms with Crippen molar-refractivity contribution < 1.29 is 0 Å². The van der Waals surface area contributed by atoms with E-state index in [1.807, 2.05) is 19.9 Å². The van der Waals surface area contributed by atoms with Crippen molar-refractivity contribution >= 4 is 11.8 Å². The maximum atomic E-state index is 12.1. The summed E-state index contributed by atoms with van der Waals surface area (Å²) in [6.45, 7) is 5.84. The van der Waals surface area contributed by atoms with Crippen LogP contribution < -0.4 is 15.6 Å². The molecular weight excluding hydrogens is 326 g/mol. The molecule has 0 unspecified atom stereocenters. The molecule has 4 rings (SSSR count). The van der Waals surface area contributed by atoms with Gasteiger partial charge in [0.05, 0.1) is 6.54 Å². The number of anilines is 2. The van der Waals surface area contributed by atoms with Crippen molar-refractivity contribution in [2.75, 3.05) is 10.2 Å². The quantitative estimate of drug-likeness (QED) is 0.759. The van der Waals surface area contributed by atoms with E-state index in [-0.39, 0.29) is 5.43 Å². The van der Waals surface area contributed by atoms with Gasteiger partial charge in [-0.25, -0.2) is 4.98 Å². The average molecular weight is 347 g/mol. The molecule has 0 atom stereocenters. The highest BCUT2D eigenvalue weighted by Crippen LogP contribution is 2.26. The van der Waals surface area contributed by atoms with Crippen molar-refractivity contribution in [1.29, 1.82) is 0 Å². The Balaban J connectivity index is 1.49. The molecule has 0 spiro atoms. The number of rotatable bonds is 4. The second-order valence-electron chi connectivity index (χ2n) is 6.62. The van der Waals surface area contributed by atoms with Crippen LogP contribution in [0.2, 0.25) is 0 Å². The van der Waals surface area contributed by atoms with Gasteiger partial charge in [0, 0.05) is 42.3 Å². The predicted molar refractivity (Wildman–Crippen MR) is 102 cm³/mol. The molecule has 0 saturated carbocycles. The van der Waals surface area contributed by atoms with Crippen LogP contribution in [0.5, 0.6) is 0 Å². The Morgan fingerprint density at radius 2 is 1.88 bits per heavy atom. The highest BCUT2D eigenvalue weighted by atomic mass is 16.1. The molecule has 132 valence electrons. The number of benzene rings is 1. The highest BCUT2D eigenvalue weighted by molar-refractivity contribution is 5.49. The van der Waals surface area contributed by atoms with Gasteiger partial charge in [0.25, 0.3) is 0 Å². The van der Waals surface area contributed by atoms with E-state index in [1.165, 1.54) is 11.1 Å². The van der Waals surface area contributed by atoms with Gasteiger partial charge >= 0.3 is 0 Å². The van der Waals surface area contributed by atoms with Crippen molar-refractivity contribution in [1.82, 2.24) is 15.0 Å². The van der Waals surface area contributed by atoms with E-state index in [0.29, 0.717) is 12.5 Å².